The third kappa shape index (κ3) is 3.55. The maximum Gasteiger partial charge on any atom is 0.292 e. The first-order valence-electron chi connectivity index (χ1n) is 6.42. The highest BCUT2D eigenvalue weighted by atomic mass is 19.1. The van der Waals surface area contributed by atoms with E-state index in [0.717, 1.165) is 0 Å². The number of halogens is 1. The molecule has 0 atom stereocenters. The standard InChI is InChI=1S/C15H16FN3O2/c1-18(9-11-5-2-3-7-13(11)16)10-12-6-4-8-14(15(12)17)19(20)21/h2-8H,9-10,17H2,1H3. The molecular formula is C15H16FN3O2. The van der Waals surface area contributed by atoms with Crippen LogP contribution in [0.3, 0.4) is 0 Å². The molecule has 5 nitrogen and oxygen atoms in total. The van der Waals surface area contributed by atoms with Crippen molar-refractivity contribution in [3.63, 3.8) is 0 Å². The van der Waals surface area contributed by atoms with Gasteiger partial charge in [0.2, 0.25) is 0 Å². The maximum absolute atomic E-state index is 13.6. The normalized spacial score (nSPS) is 10.8. The summed E-state index contributed by atoms with van der Waals surface area (Å²) < 4.78 is 13.6. The number of nitrogens with zero attached hydrogens (tertiary/aromatic N) is 2. The molecule has 0 spiro atoms. The molecular weight excluding hydrogens is 273 g/mol. The van der Waals surface area contributed by atoms with E-state index in [0.29, 0.717) is 24.2 Å². The summed E-state index contributed by atoms with van der Waals surface area (Å²) in [7, 11) is 1.81. The second-order valence-corrected chi connectivity index (χ2v) is 4.87. The second kappa shape index (κ2) is 6.32. The molecule has 2 rings (SSSR count). The number of para-hydroxylation sites is 1. The lowest BCUT2D eigenvalue weighted by molar-refractivity contribution is -0.384. The van der Waals surface area contributed by atoms with Gasteiger partial charge in [0, 0.05) is 24.7 Å². The van der Waals surface area contributed by atoms with Crippen molar-refractivity contribution in [3.05, 3.63) is 69.5 Å². The molecule has 6 heteroatoms. The Kier molecular flexibility index (Phi) is 4.49. The quantitative estimate of drug-likeness (QED) is 0.522. The lowest BCUT2D eigenvalue weighted by atomic mass is 10.1. The van der Waals surface area contributed by atoms with Crippen LogP contribution in [0, 0.1) is 15.9 Å². The van der Waals surface area contributed by atoms with Gasteiger partial charge in [0.25, 0.3) is 5.69 Å². The zero-order valence-corrected chi connectivity index (χ0v) is 11.6. The summed E-state index contributed by atoms with van der Waals surface area (Å²) >= 11 is 0. The van der Waals surface area contributed by atoms with Crippen molar-refractivity contribution in [3.8, 4) is 0 Å². The molecule has 0 radical (unpaired) electrons. The molecule has 0 saturated heterocycles. The number of rotatable bonds is 5. The first-order chi connectivity index (χ1) is 9.99. The van der Waals surface area contributed by atoms with Gasteiger partial charge in [-0.05, 0) is 18.7 Å². The summed E-state index contributed by atoms with van der Waals surface area (Å²) in [6, 6.07) is 11.2. The summed E-state index contributed by atoms with van der Waals surface area (Å²) in [5, 5.41) is 10.9. The lowest BCUT2D eigenvalue weighted by Gasteiger charge is -2.18. The molecule has 2 N–H and O–H groups in total. The van der Waals surface area contributed by atoms with Crippen molar-refractivity contribution >= 4 is 11.4 Å². The van der Waals surface area contributed by atoms with Crippen molar-refractivity contribution in [2.75, 3.05) is 12.8 Å². The molecule has 0 amide bonds. The van der Waals surface area contributed by atoms with Crippen molar-refractivity contribution in [2.45, 2.75) is 13.1 Å². The Hall–Kier alpha value is -2.47. The van der Waals surface area contributed by atoms with Crippen LogP contribution in [-0.4, -0.2) is 16.9 Å². The van der Waals surface area contributed by atoms with Crippen LogP contribution in [0.2, 0.25) is 0 Å². The highest BCUT2D eigenvalue weighted by molar-refractivity contribution is 5.62. The number of hydrogen-bond acceptors (Lipinski definition) is 4. The van der Waals surface area contributed by atoms with Gasteiger partial charge in [-0.1, -0.05) is 30.3 Å². The Morgan fingerprint density at radius 1 is 1.14 bits per heavy atom. The van der Waals surface area contributed by atoms with E-state index < -0.39 is 4.92 Å². The fraction of sp³-hybridized carbons (Fsp3) is 0.200. The van der Waals surface area contributed by atoms with E-state index in [1.807, 2.05) is 11.9 Å². The number of anilines is 1. The Labute approximate surface area is 122 Å². The monoisotopic (exact) mass is 289 g/mol. The predicted molar refractivity (Wildman–Crippen MR) is 79.1 cm³/mol. The van der Waals surface area contributed by atoms with E-state index in [1.165, 1.54) is 12.1 Å². The Morgan fingerprint density at radius 2 is 1.76 bits per heavy atom. The highest BCUT2D eigenvalue weighted by Crippen LogP contribution is 2.26. The van der Waals surface area contributed by atoms with E-state index in [2.05, 4.69) is 0 Å². The Bertz CT molecular complexity index is 661. The van der Waals surface area contributed by atoms with Gasteiger partial charge in [-0.25, -0.2) is 4.39 Å². The number of nitrogens with two attached hydrogens (primary N) is 1. The summed E-state index contributed by atoms with van der Waals surface area (Å²) in [6.45, 7) is 0.802. The molecule has 21 heavy (non-hydrogen) atoms. The first-order valence-corrected chi connectivity index (χ1v) is 6.42. The molecule has 0 unspecified atom stereocenters. The van der Waals surface area contributed by atoms with Gasteiger partial charge in [0.15, 0.2) is 0 Å². The molecule has 2 aromatic rings. The number of nitro groups is 1. The molecule has 0 aliphatic carbocycles. The molecule has 0 aliphatic rings. The topological polar surface area (TPSA) is 72.4 Å². The van der Waals surface area contributed by atoms with Crippen LogP contribution in [0.25, 0.3) is 0 Å². The van der Waals surface area contributed by atoms with E-state index in [1.54, 1.807) is 30.3 Å². The van der Waals surface area contributed by atoms with Gasteiger partial charge in [-0.3, -0.25) is 15.0 Å². The lowest BCUT2D eigenvalue weighted by Crippen LogP contribution is -2.19. The zero-order valence-electron chi connectivity index (χ0n) is 11.6. The van der Waals surface area contributed by atoms with Crippen molar-refractivity contribution < 1.29 is 9.31 Å². The maximum atomic E-state index is 13.6. The largest absolute Gasteiger partial charge is 0.393 e. The van der Waals surface area contributed by atoms with Gasteiger partial charge in [-0.2, -0.15) is 0 Å². The summed E-state index contributed by atoms with van der Waals surface area (Å²) in [4.78, 5) is 12.2. The zero-order chi connectivity index (χ0) is 15.4. The van der Waals surface area contributed by atoms with E-state index >= 15 is 0 Å². The van der Waals surface area contributed by atoms with Crippen molar-refractivity contribution in [1.29, 1.82) is 0 Å². The summed E-state index contributed by atoms with van der Waals surface area (Å²) in [5.74, 6) is -0.267. The smallest absolute Gasteiger partial charge is 0.292 e. The predicted octanol–water partition coefficient (Wildman–Crippen LogP) is 2.95. The fourth-order valence-electron chi connectivity index (χ4n) is 2.16. The van der Waals surface area contributed by atoms with E-state index in [-0.39, 0.29) is 17.2 Å². The molecule has 0 aromatic heterocycles. The van der Waals surface area contributed by atoms with Crippen LogP contribution in [0.15, 0.2) is 42.5 Å². The minimum atomic E-state index is -0.504. The summed E-state index contributed by atoms with van der Waals surface area (Å²) in [6.07, 6.45) is 0. The van der Waals surface area contributed by atoms with Gasteiger partial charge in [-0.15, -0.1) is 0 Å². The fourth-order valence-corrected chi connectivity index (χ4v) is 2.16. The van der Waals surface area contributed by atoms with Crippen LogP contribution in [0.5, 0.6) is 0 Å². The molecule has 0 aliphatic heterocycles. The Balaban J connectivity index is 2.13. The molecule has 0 bridgehead atoms. The molecule has 110 valence electrons. The number of nitro benzene ring substituents is 1. The van der Waals surface area contributed by atoms with Crippen LogP contribution >= 0.6 is 0 Å². The van der Waals surface area contributed by atoms with Crippen LogP contribution in [0.4, 0.5) is 15.8 Å². The number of hydrogen-bond donors (Lipinski definition) is 1. The van der Waals surface area contributed by atoms with E-state index in [4.69, 9.17) is 5.73 Å². The first kappa shape index (κ1) is 14.9. The minimum absolute atomic E-state index is 0.105. The molecule has 2 aromatic carbocycles. The number of nitrogen functional groups attached to an aromatic ring is 1. The van der Waals surface area contributed by atoms with Crippen molar-refractivity contribution in [1.82, 2.24) is 4.90 Å². The number of benzene rings is 2. The van der Waals surface area contributed by atoms with Gasteiger partial charge >= 0.3 is 0 Å². The average molecular weight is 289 g/mol. The van der Waals surface area contributed by atoms with E-state index in [9.17, 15) is 14.5 Å². The highest BCUT2D eigenvalue weighted by Gasteiger charge is 2.15. The summed E-state index contributed by atoms with van der Waals surface area (Å²) in [5.41, 5.74) is 7.09. The van der Waals surface area contributed by atoms with Crippen LogP contribution < -0.4 is 5.73 Å². The molecule has 0 heterocycles. The Morgan fingerprint density at radius 3 is 2.43 bits per heavy atom. The van der Waals surface area contributed by atoms with Crippen molar-refractivity contribution in [2.24, 2.45) is 0 Å². The third-order valence-electron chi connectivity index (χ3n) is 3.21. The van der Waals surface area contributed by atoms with Gasteiger partial charge < -0.3 is 5.73 Å². The van der Waals surface area contributed by atoms with Gasteiger partial charge in [0.05, 0.1) is 4.92 Å². The average Bonchev–Trinajstić information content (AvgIpc) is 2.43. The molecule has 0 fully saturated rings. The SMILES string of the molecule is CN(Cc1ccccc1F)Cc1cccc([N+](=O)[O-])c1N. The molecule has 0 saturated carbocycles. The minimum Gasteiger partial charge on any atom is -0.393 e. The second-order valence-electron chi connectivity index (χ2n) is 4.87. The van der Waals surface area contributed by atoms with Crippen LogP contribution in [0.1, 0.15) is 11.1 Å². The third-order valence-corrected chi connectivity index (χ3v) is 3.21. The van der Waals surface area contributed by atoms with Crippen LogP contribution in [-0.2, 0) is 13.1 Å². The van der Waals surface area contributed by atoms with Gasteiger partial charge in [0.1, 0.15) is 11.5 Å².